The molecule has 1 aromatic carbocycles. The Balaban J connectivity index is 1.49. The number of ether oxygens (including phenoxy) is 2. The number of thiazole rings is 1. The Bertz CT molecular complexity index is 1340. The van der Waals surface area contributed by atoms with Gasteiger partial charge in [0.05, 0.1) is 0 Å². The molecule has 1 aliphatic heterocycles. The highest BCUT2D eigenvalue weighted by Crippen LogP contribution is 2.45. The van der Waals surface area contributed by atoms with Crippen molar-refractivity contribution in [2.75, 3.05) is 19.1 Å². The van der Waals surface area contributed by atoms with E-state index in [0.717, 1.165) is 15.5 Å². The van der Waals surface area contributed by atoms with Gasteiger partial charge in [0.15, 0.2) is 33.6 Å². The minimum Gasteiger partial charge on any atom is -0.454 e. The fourth-order valence-electron chi connectivity index (χ4n) is 3.44. The summed E-state index contributed by atoms with van der Waals surface area (Å²) in [7, 11) is 0. The second-order valence-electron chi connectivity index (χ2n) is 7.44. The molecule has 5 rings (SSSR count). The van der Waals surface area contributed by atoms with E-state index >= 15 is 0 Å². The fraction of sp³-hybridized carbons (Fsp3) is 0.286. The summed E-state index contributed by atoms with van der Waals surface area (Å²) in [5, 5.41) is 15.5. The Labute approximate surface area is 202 Å². The van der Waals surface area contributed by atoms with Crippen LogP contribution in [0.2, 0.25) is 0 Å². The number of nitrogens with one attached hydrogen (secondary N) is 1. The lowest BCUT2D eigenvalue weighted by Crippen LogP contribution is -2.33. The molecule has 1 atom stereocenters. The van der Waals surface area contributed by atoms with Crippen molar-refractivity contribution in [1.82, 2.24) is 29.8 Å². The summed E-state index contributed by atoms with van der Waals surface area (Å²) < 4.78 is 13.1. The van der Waals surface area contributed by atoms with Gasteiger partial charge in [0, 0.05) is 35.1 Å². The second kappa shape index (κ2) is 9.44. The Kier molecular flexibility index (Phi) is 6.22. The lowest BCUT2D eigenvalue weighted by molar-refractivity contribution is -0.128. The average molecular weight is 500 g/mol. The van der Waals surface area contributed by atoms with E-state index in [2.05, 4.69) is 20.3 Å². The van der Waals surface area contributed by atoms with E-state index in [1.54, 1.807) is 6.20 Å². The lowest BCUT2D eigenvalue weighted by Gasteiger charge is -2.12. The summed E-state index contributed by atoms with van der Waals surface area (Å²) in [6.45, 7) is 2.51. The number of nitrogens with two attached hydrogens (primary N) is 1. The number of aliphatic hydroxyl groups is 1. The van der Waals surface area contributed by atoms with Gasteiger partial charge < -0.3 is 30.2 Å². The van der Waals surface area contributed by atoms with Crippen molar-refractivity contribution in [1.29, 1.82) is 0 Å². The first-order valence-electron chi connectivity index (χ1n) is 10.4. The molecule has 1 aliphatic rings. The number of amides is 1. The number of imidazole rings is 1. The maximum atomic E-state index is 11.7. The molecule has 4 heterocycles. The first kappa shape index (κ1) is 22.4. The first-order valence-corrected chi connectivity index (χ1v) is 12.1. The van der Waals surface area contributed by atoms with Crippen molar-refractivity contribution in [2.45, 2.75) is 36.0 Å². The van der Waals surface area contributed by atoms with Gasteiger partial charge in [-0.2, -0.15) is 0 Å². The average Bonchev–Trinajstić information content (AvgIpc) is 3.57. The number of aromatic nitrogens is 5. The zero-order valence-corrected chi connectivity index (χ0v) is 19.7. The van der Waals surface area contributed by atoms with Crippen molar-refractivity contribution in [2.24, 2.45) is 0 Å². The van der Waals surface area contributed by atoms with E-state index in [9.17, 15) is 9.90 Å². The highest BCUT2D eigenvalue weighted by molar-refractivity contribution is 7.99. The monoisotopic (exact) mass is 499 g/mol. The molecule has 3 aromatic heterocycles. The number of benzene rings is 1. The predicted molar refractivity (Wildman–Crippen MR) is 127 cm³/mol. The summed E-state index contributed by atoms with van der Waals surface area (Å²) in [5.74, 6) is 1.21. The molecule has 0 saturated carbocycles. The Morgan fingerprint density at radius 1 is 1.32 bits per heavy atom. The van der Waals surface area contributed by atoms with E-state index < -0.39 is 12.0 Å². The van der Waals surface area contributed by atoms with Gasteiger partial charge in [0.1, 0.15) is 17.4 Å². The number of nitrogen functional groups attached to an aromatic ring is 1. The third-order valence-electron chi connectivity index (χ3n) is 5.10. The molecule has 0 bridgehead atoms. The Morgan fingerprint density at radius 3 is 2.91 bits per heavy atom. The zero-order valence-electron chi connectivity index (χ0n) is 18.1. The Morgan fingerprint density at radius 2 is 2.15 bits per heavy atom. The smallest absolute Gasteiger partial charge is 0.248 e. The second-order valence-corrected chi connectivity index (χ2v) is 9.34. The van der Waals surface area contributed by atoms with Crippen LogP contribution in [0, 0.1) is 0 Å². The van der Waals surface area contributed by atoms with Crippen molar-refractivity contribution in [3.8, 4) is 22.1 Å². The number of carbonyl (C=O) groups is 1. The van der Waals surface area contributed by atoms with E-state index in [1.807, 2.05) is 22.1 Å². The molecule has 0 aliphatic carbocycles. The molecular formula is C21H21N7O4S2. The van der Waals surface area contributed by atoms with Crippen LogP contribution in [0.4, 0.5) is 5.82 Å². The molecule has 1 amide bonds. The molecule has 1 unspecified atom stereocenters. The zero-order chi connectivity index (χ0) is 23.7. The molecule has 34 heavy (non-hydrogen) atoms. The van der Waals surface area contributed by atoms with Gasteiger partial charge in [0.2, 0.25) is 12.7 Å². The maximum Gasteiger partial charge on any atom is 0.248 e. The standard InChI is InChI=1S/C21H21N7O4S2/c1-11(29)19(30)23-3-2-5-28-18-16(17(22)25-9-26-18)27-21(28)34-15-8-14-13(31-10-32-14)7-12(15)20-24-4-6-33-20/h4,6-9,11,29H,2-3,5,10H2,1H3,(H,23,30)(H2,22,25,26). The van der Waals surface area contributed by atoms with Gasteiger partial charge in [-0.05, 0) is 25.5 Å². The molecule has 11 nitrogen and oxygen atoms in total. The highest BCUT2D eigenvalue weighted by atomic mass is 32.2. The van der Waals surface area contributed by atoms with Crippen LogP contribution in [0.25, 0.3) is 21.7 Å². The quantitative estimate of drug-likeness (QED) is 0.308. The predicted octanol–water partition coefficient (Wildman–Crippen LogP) is 2.30. The van der Waals surface area contributed by atoms with Crippen LogP contribution in [0.5, 0.6) is 11.5 Å². The third kappa shape index (κ3) is 4.36. The number of rotatable bonds is 8. The summed E-state index contributed by atoms with van der Waals surface area (Å²) in [5.41, 5.74) is 8.10. The molecule has 0 radical (unpaired) electrons. The highest BCUT2D eigenvalue weighted by Gasteiger charge is 2.23. The van der Waals surface area contributed by atoms with Crippen LogP contribution >= 0.6 is 23.1 Å². The fourth-order valence-corrected chi connectivity index (χ4v) is 5.23. The number of aliphatic hydroxyl groups excluding tert-OH is 1. The number of fused-ring (bicyclic) bond motifs is 2. The molecule has 0 saturated heterocycles. The van der Waals surface area contributed by atoms with Crippen molar-refractivity contribution >= 4 is 46.0 Å². The molecule has 4 N–H and O–H groups in total. The topological polar surface area (TPSA) is 150 Å². The van der Waals surface area contributed by atoms with Gasteiger partial charge in [-0.1, -0.05) is 11.8 Å². The van der Waals surface area contributed by atoms with Crippen LogP contribution in [0.15, 0.2) is 40.1 Å². The maximum absolute atomic E-state index is 11.7. The largest absolute Gasteiger partial charge is 0.454 e. The SMILES string of the molecule is CC(O)C(=O)NCCCn1c(Sc2cc3c(cc2-c2nccs2)OCO3)nc2c(N)ncnc21. The van der Waals surface area contributed by atoms with Gasteiger partial charge in [-0.25, -0.2) is 19.9 Å². The van der Waals surface area contributed by atoms with E-state index in [0.29, 0.717) is 53.1 Å². The van der Waals surface area contributed by atoms with Crippen LogP contribution in [0.1, 0.15) is 13.3 Å². The number of hydrogen-bond acceptors (Lipinski definition) is 11. The van der Waals surface area contributed by atoms with Crippen molar-refractivity contribution in [3.05, 3.63) is 30.0 Å². The van der Waals surface area contributed by atoms with E-state index in [4.69, 9.17) is 20.2 Å². The molecular weight excluding hydrogens is 478 g/mol. The van der Waals surface area contributed by atoms with Gasteiger partial charge in [0.25, 0.3) is 0 Å². The molecule has 13 heteroatoms. The normalized spacial score (nSPS) is 13.4. The lowest BCUT2D eigenvalue weighted by atomic mass is 10.2. The Hall–Kier alpha value is -3.42. The number of hydrogen-bond donors (Lipinski definition) is 3. The van der Waals surface area contributed by atoms with E-state index in [1.165, 1.54) is 36.3 Å². The van der Waals surface area contributed by atoms with Crippen LogP contribution in [0.3, 0.4) is 0 Å². The van der Waals surface area contributed by atoms with Crippen LogP contribution < -0.4 is 20.5 Å². The summed E-state index contributed by atoms with van der Waals surface area (Å²) in [6.07, 6.45) is 2.71. The van der Waals surface area contributed by atoms with Gasteiger partial charge >= 0.3 is 0 Å². The number of carbonyl (C=O) groups excluding carboxylic acids is 1. The minimum atomic E-state index is -1.05. The molecule has 0 spiro atoms. The summed E-state index contributed by atoms with van der Waals surface area (Å²) in [6, 6.07) is 3.85. The van der Waals surface area contributed by atoms with Crippen molar-refractivity contribution < 1.29 is 19.4 Å². The molecule has 4 aromatic rings. The van der Waals surface area contributed by atoms with E-state index in [-0.39, 0.29) is 6.79 Å². The molecule has 176 valence electrons. The third-order valence-corrected chi connectivity index (χ3v) is 6.96. The summed E-state index contributed by atoms with van der Waals surface area (Å²) >= 11 is 2.97. The van der Waals surface area contributed by atoms with Gasteiger partial charge in [-0.15, -0.1) is 11.3 Å². The summed E-state index contributed by atoms with van der Waals surface area (Å²) in [4.78, 5) is 30.2. The van der Waals surface area contributed by atoms with Crippen molar-refractivity contribution in [3.63, 3.8) is 0 Å². The number of nitrogens with zero attached hydrogens (tertiary/aromatic N) is 5. The van der Waals surface area contributed by atoms with Crippen LogP contribution in [-0.4, -0.2) is 55.0 Å². The van der Waals surface area contributed by atoms with Gasteiger partial charge in [-0.3, -0.25) is 4.79 Å². The first-order chi connectivity index (χ1) is 16.5. The minimum absolute atomic E-state index is 0.170. The van der Waals surface area contributed by atoms with Crippen LogP contribution in [-0.2, 0) is 11.3 Å². The number of aryl methyl sites for hydroxylation is 1. The number of anilines is 1. The molecule has 0 fully saturated rings.